The van der Waals surface area contributed by atoms with E-state index in [0.717, 1.165) is 30.5 Å². The second-order valence-corrected chi connectivity index (χ2v) is 7.69. The lowest BCUT2D eigenvalue weighted by Crippen LogP contribution is -2.39. The summed E-state index contributed by atoms with van der Waals surface area (Å²) >= 11 is 0. The van der Waals surface area contributed by atoms with Crippen molar-refractivity contribution in [2.24, 2.45) is 0 Å². The van der Waals surface area contributed by atoms with Crippen LogP contribution >= 0.6 is 0 Å². The molecule has 2 heterocycles. The summed E-state index contributed by atoms with van der Waals surface area (Å²) in [6, 6.07) is 17.7. The van der Waals surface area contributed by atoms with E-state index in [1.807, 2.05) is 47.4 Å². The van der Waals surface area contributed by atoms with E-state index in [-0.39, 0.29) is 11.8 Å². The van der Waals surface area contributed by atoms with Crippen molar-refractivity contribution < 1.29 is 9.32 Å². The molecule has 1 amide bonds. The van der Waals surface area contributed by atoms with Crippen molar-refractivity contribution in [3.8, 4) is 11.4 Å². The lowest BCUT2D eigenvalue weighted by Gasteiger charge is -2.31. The van der Waals surface area contributed by atoms with Crippen LogP contribution in [0.1, 0.15) is 60.3 Å². The van der Waals surface area contributed by atoms with Crippen molar-refractivity contribution in [1.29, 1.82) is 0 Å². The van der Waals surface area contributed by atoms with Crippen molar-refractivity contribution in [1.82, 2.24) is 15.0 Å². The fourth-order valence-corrected chi connectivity index (χ4v) is 3.66. The van der Waals surface area contributed by atoms with Crippen molar-refractivity contribution in [3.63, 3.8) is 0 Å². The summed E-state index contributed by atoms with van der Waals surface area (Å²) in [6.07, 6.45) is 1.89. The van der Waals surface area contributed by atoms with Gasteiger partial charge in [-0.15, -0.1) is 0 Å². The highest BCUT2D eigenvalue weighted by atomic mass is 16.5. The second-order valence-electron chi connectivity index (χ2n) is 7.69. The average Bonchev–Trinajstić information content (AvgIpc) is 3.24. The van der Waals surface area contributed by atoms with Gasteiger partial charge in [-0.2, -0.15) is 4.98 Å². The first-order chi connectivity index (χ1) is 13.6. The van der Waals surface area contributed by atoms with Crippen LogP contribution in [0.5, 0.6) is 0 Å². The molecule has 1 atom stereocenters. The number of aromatic nitrogens is 2. The van der Waals surface area contributed by atoms with Gasteiger partial charge in [-0.1, -0.05) is 61.5 Å². The highest BCUT2D eigenvalue weighted by molar-refractivity contribution is 5.94. The standard InChI is InChI=1S/C23H25N3O2/c1-16(2)17-10-12-18(13-11-17)21-24-22(28-25-21)20-9-6-14-26(15-20)23(27)19-7-4-3-5-8-19/h3-5,7-8,10-13,16,20H,6,9,14-15H2,1-2H3. The number of hydrogen-bond acceptors (Lipinski definition) is 4. The van der Waals surface area contributed by atoms with Crippen molar-refractivity contribution >= 4 is 5.91 Å². The van der Waals surface area contributed by atoms with Gasteiger partial charge < -0.3 is 9.42 Å². The molecule has 2 aromatic carbocycles. The number of amides is 1. The van der Waals surface area contributed by atoms with Gasteiger partial charge in [0, 0.05) is 24.2 Å². The smallest absolute Gasteiger partial charge is 0.253 e. The molecule has 3 aromatic rings. The number of piperidine rings is 1. The second kappa shape index (κ2) is 7.97. The number of carbonyl (C=O) groups is 1. The molecular formula is C23H25N3O2. The van der Waals surface area contributed by atoms with Gasteiger partial charge in [-0.3, -0.25) is 4.79 Å². The van der Waals surface area contributed by atoms with Gasteiger partial charge in [0.15, 0.2) is 0 Å². The minimum atomic E-state index is 0.0642. The Bertz CT molecular complexity index is 932. The molecule has 0 saturated carbocycles. The summed E-state index contributed by atoms with van der Waals surface area (Å²) in [4.78, 5) is 19.3. The Balaban J connectivity index is 1.48. The van der Waals surface area contributed by atoms with E-state index < -0.39 is 0 Å². The predicted octanol–water partition coefficient (Wildman–Crippen LogP) is 4.88. The van der Waals surface area contributed by atoms with E-state index in [0.29, 0.717) is 24.2 Å². The zero-order chi connectivity index (χ0) is 19.5. The van der Waals surface area contributed by atoms with Gasteiger partial charge in [0.1, 0.15) is 0 Å². The first-order valence-electron chi connectivity index (χ1n) is 9.90. The van der Waals surface area contributed by atoms with E-state index in [9.17, 15) is 4.79 Å². The maximum atomic E-state index is 12.7. The molecule has 1 aromatic heterocycles. The van der Waals surface area contributed by atoms with Gasteiger partial charge in [0.2, 0.25) is 11.7 Å². The molecule has 0 aliphatic carbocycles. The zero-order valence-electron chi connectivity index (χ0n) is 16.3. The van der Waals surface area contributed by atoms with E-state index in [4.69, 9.17) is 4.52 Å². The molecule has 1 saturated heterocycles. The van der Waals surface area contributed by atoms with E-state index in [1.165, 1.54) is 5.56 Å². The fourth-order valence-electron chi connectivity index (χ4n) is 3.66. The van der Waals surface area contributed by atoms with Crippen LogP contribution in [0.2, 0.25) is 0 Å². The van der Waals surface area contributed by atoms with Crippen LogP contribution in [0.4, 0.5) is 0 Å². The molecule has 0 bridgehead atoms. The average molecular weight is 375 g/mol. The summed E-state index contributed by atoms with van der Waals surface area (Å²) < 4.78 is 5.57. The van der Waals surface area contributed by atoms with E-state index in [2.05, 4.69) is 36.1 Å². The topological polar surface area (TPSA) is 59.2 Å². The van der Waals surface area contributed by atoms with Crippen molar-refractivity contribution in [3.05, 3.63) is 71.6 Å². The van der Waals surface area contributed by atoms with E-state index in [1.54, 1.807) is 0 Å². The van der Waals surface area contributed by atoms with Crippen LogP contribution in [-0.2, 0) is 0 Å². The van der Waals surface area contributed by atoms with Crippen molar-refractivity contribution in [2.75, 3.05) is 13.1 Å². The minimum absolute atomic E-state index is 0.0642. The maximum Gasteiger partial charge on any atom is 0.253 e. The molecule has 1 unspecified atom stereocenters. The highest BCUT2D eigenvalue weighted by Gasteiger charge is 2.29. The number of carbonyl (C=O) groups excluding carboxylic acids is 1. The monoisotopic (exact) mass is 375 g/mol. The lowest BCUT2D eigenvalue weighted by atomic mass is 9.97. The largest absolute Gasteiger partial charge is 0.339 e. The number of nitrogens with zero attached hydrogens (tertiary/aromatic N) is 3. The number of hydrogen-bond donors (Lipinski definition) is 0. The predicted molar refractivity (Wildman–Crippen MR) is 108 cm³/mol. The summed E-state index contributed by atoms with van der Waals surface area (Å²) in [5.41, 5.74) is 2.96. The quantitative estimate of drug-likeness (QED) is 0.652. The summed E-state index contributed by atoms with van der Waals surface area (Å²) in [6.45, 7) is 5.73. The summed E-state index contributed by atoms with van der Waals surface area (Å²) in [5, 5.41) is 4.17. The molecule has 5 heteroatoms. The molecule has 0 spiro atoms. The van der Waals surface area contributed by atoms with Crippen molar-refractivity contribution in [2.45, 2.75) is 38.5 Å². The Morgan fingerprint density at radius 2 is 1.86 bits per heavy atom. The van der Waals surface area contributed by atoms with Gasteiger partial charge in [0.05, 0.1) is 5.92 Å². The molecule has 0 radical (unpaired) electrons. The molecule has 0 N–H and O–H groups in total. The molecule has 4 rings (SSSR count). The number of likely N-dealkylation sites (tertiary alicyclic amines) is 1. The number of rotatable bonds is 4. The molecule has 1 fully saturated rings. The minimum Gasteiger partial charge on any atom is -0.339 e. The Hall–Kier alpha value is -2.95. The summed E-state index contributed by atoms with van der Waals surface area (Å²) in [5.74, 6) is 1.86. The SMILES string of the molecule is CC(C)c1ccc(-c2noc(C3CCCN(C(=O)c4ccccc4)C3)n2)cc1. The maximum absolute atomic E-state index is 12.7. The van der Waals surface area contributed by atoms with Crippen LogP contribution < -0.4 is 0 Å². The van der Waals surface area contributed by atoms with Gasteiger partial charge in [-0.05, 0) is 36.5 Å². The van der Waals surface area contributed by atoms with Gasteiger partial charge in [0.25, 0.3) is 5.91 Å². The molecule has 28 heavy (non-hydrogen) atoms. The normalized spacial score (nSPS) is 17.1. The summed E-state index contributed by atoms with van der Waals surface area (Å²) in [7, 11) is 0. The van der Waals surface area contributed by atoms with Crippen LogP contribution in [0, 0.1) is 0 Å². The lowest BCUT2D eigenvalue weighted by molar-refractivity contribution is 0.0695. The van der Waals surface area contributed by atoms with Crippen LogP contribution in [-0.4, -0.2) is 34.0 Å². The van der Waals surface area contributed by atoms with Gasteiger partial charge in [-0.25, -0.2) is 0 Å². The Morgan fingerprint density at radius 3 is 2.57 bits per heavy atom. The highest BCUT2D eigenvalue weighted by Crippen LogP contribution is 2.29. The molecule has 1 aliphatic heterocycles. The Morgan fingerprint density at radius 1 is 1.11 bits per heavy atom. The number of benzene rings is 2. The molecule has 5 nitrogen and oxygen atoms in total. The first kappa shape index (κ1) is 18.4. The molecule has 1 aliphatic rings. The Labute approximate surface area is 165 Å². The fraction of sp³-hybridized carbons (Fsp3) is 0.348. The van der Waals surface area contributed by atoms with E-state index >= 15 is 0 Å². The van der Waals surface area contributed by atoms with Crippen LogP contribution in [0.25, 0.3) is 11.4 Å². The van der Waals surface area contributed by atoms with Crippen LogP contribution in [0.3, 0.4) is 0 Å². The third-order valence-corrected chi connectivity index (χ3v) is 5.36. The zero-order valence-corrected chi connectivity index (χ0v) is 16.3. The van der Waals surface area contributed by atoms with Gasteiger partial charge >= 0.3 is 0 Å². The first-order valence-corrected chi connectivity index (χ1v) is 9.90. The third-order valence-electron chi connectivity index (χ3n) is 5.36. The molecule has 144 valence electrons. The third kappa shape index (κ3) is 3.84. The molecular weight excluding hydrogens is 350 g/mol. The van der Waals surface area contributed by atoms with Crippen LogP contribution in [0.15, 0.2) is 59.1 Å². The Kier molecular flexibility index (Phi) is 5.24.